The number of halogens is 1. The van der Waals surface area contributed by atoms with Crippen molar-refractivity contribution >= 4 is 23.2 Å². The number of benzene rings is 1. The predicted molar refractivity (Wildman–Crippen MR) is 82.8 cm³/mol. The summed E-state index contributed by atoms with van der Waals surface area (Å²) in [7, 11) is 0. The van der Waals surface area contributed by atoms with Gasteiger partial charge in [0.2, 0.25) is 0 Å². The maximum absolute atomic E-state index is 6.02. The molecule has 7 heteroatoms. The SMILES string of the molecule is Nc1ncnc(NCc2ncc(-c3ccccc3)[nH]2)c1Cl. The fourth-order valence-corrected chi connectivity index (χ4v) is 2.06. The first-order valence-electron chi connectivity index (χ1n) is 6.33. The highest BCUT2D eigenvalue weighted by atomic mass is 35.5. The molecule has 0 saturated heterocycles. The van der Waals surface area contributed by atoms with E-state index < -0.39 is 0 Å². The number of hydrogen-bond donors (Lipinski definition) is 3. The van der Waals surface area contributed by atoms with E-state index in [2.05, 4.69) is 25.3 Å². The van der Waals surface area contributed by atoms with E-state index in [0.29, 0.717) is 17.4 Å². The fourth-order valence-electron chi connectivity index (χ4n) is 1.89. The highest BCUT2D eigenvalue weighted by molar-refractivity contribution is 6.35. The average Bonchev–Trinajstić information content (AvgIpc) is 2.99. The number of aromatic amines is 1. The largest absolute Gasteiger partial charge is 0.382 e. The van der Waals surface area contributed by atoms with Gasteiger partial charge in [0.1, 0.15) is 23.0 Å². The Balaban J connectivity index is 1.72. The first-order chi connectivity index (χ1) is 10.2. The van der Waals surface area contributed by atoms with E-state index in [9.17, 15) is 0 Å². The second-order valence-corrected chi connectivity index (χ2v) is 4.76. The van der Waals surface area contributed by atoms with Crippen LogP contribution in [0.4, 0.5) is 11.6 Å². The van der Waals surface area contributed by atoms with Crippen LogP contribution < -0.4 is 11.1 Å². The van der Waals surface area contributed by atoms with E-state index in [0.717, 1.165) is 17.1 Å². The van der Waals surface area contributed by atoms with Crippen molar-refractivity contribution in [2.24, 2.45) is 0 Å². The van der Waals surface area contributed by atoms with Crippen molar-refractivity contribution in [3.8, 4) is 11.3 Å². The topological polar surface area (TPSA) is 92.5 Å². The van der Waals surface area contributed by atoms with Gasteiger partial charge >= 0.3 is 0 Å². The maximum Gasteiger partial charge on any atom is 0.150 e. The molecule has 3 rings (SSSR count). The first-order valence-corrected chi connectivity index (χ1v) is 6.71. The number of nitrogens with one attached hydrogen (secondary N) is 2. The van der Waals surface area contributed by atoms with E-state index >= 15 is 0 Å². The van der Waals surface area contributed by atoms with Crippen LogP contribution in [0.2, 0.25) is 5.02 Å². The lowest BCUT2D eigenvalue weighted by Gasteiger charge is -2.06. The molecular formula is C14H13ClN6. The zero-order valence-corrected chi connectivity index (χ0v) is 11.8. The molecule has 2 heterocycles. The van der Waals surface area contributed by atoms with Gasteiger partial charge in [-0.2, -0.15) is 0 Å². The third kappa shape index (κ3) is 2.95. The van der Waals surface area contributed by atoms with Gasteiger partial charge in [-0.15, -0.1) is 0 Å². The molecule has 21 heavy (non-hydrogen) atoms. The van der Waals surface area contributed by atoms with Crippen LogP contribution in [0.1, 0.15) is 5.82 Å². The van der Waals surface area contributed by atoms with Crippen molar-refractivity contribution in [2.75, 3.05) is 11.1 Å². The number of imidazole rings is 1. The van der Waals surface area contributed by atoms with Crippen LogP contribution in [0.25, 0.3) is 11.3 Å². The Morgan fingerprint density at radius 1 is 1.14 bits per heavy atom. The number of nitrogen functional groups attached to an aromatic ring is 1. The zero-order valence-electron chi connectivity index (χ0n) is 11.0. The number of rotatable bonds is 4. The van der Waals surface area contributed by atoms with Crippen molar-refractivity contribution in [3.05, 3.63) is 53.7 Å². The lowest BCUT2D eigenvalue weighted by atomic mass is 10.2. The predicted octanol–water partition coefficient (Wildman–Crippen LogP) is 2.71. The number of anilines is 2. The summed E-state index contributed by atoms with van der Waals surface area (Å²) in [5, 5.41) is 3.39. The van der Waals surface area contributed by atoms with Gasteiger partial charge in [0, 0.05) is 0 Å². The summed E-state index contributed by atoms with van der Waals surface area (Å²) in [5.41, 5.74) is 7.67. The summed E-state index contributed by atoms with van der Waals surface area (Å²) in [6.45, 7) is 0.461. The Morgan fingerprint density at radius 2 is 1.95 bits per heavy atom. The Bertz CT molecular complexity index is 740. The summed E-state index contributed by atoms with van der Waals surface area (Å²) in [5.74, 6) is 1.52. The third-order valence-corrected chi connectivity index (χ3v) is 3.33. The molecule has 0 aliphatic rings. The van der Waals surface area contributed by atoms with Gasteiger partial charge in [-0.3, -0.25) is 0 Å². The molecular weight excluding hydrogens is 288 g/mol. The molecule has 0 aliphatic carbocycles. The van der Waals surface area contributed by atoms with Crippen molar-refractivity contribution in [3.63, 3.8) is 0 Å². The van der Waals surface area contributed by atoms with E-state index in [1.54, 1.807) is 6.20 Å². The van der Waals surface area contributed by atoms with Crippen LogP contribution in [0.15, 0.2) is 42.9 Å². The zero-order chi connectivity index (χ0) is 14.7. The normalized spacial score (nSPS) is 10.5. The maximum atomic E-state index is 6.02. The van der Waals surface area contributed by atoms with Crippen LogP contribution in [-0.2, 0) is 6.54 Å². The summed E-state index contributed by atoms with van der Waals surface area (Å²) in [6, 6.07) is 9.98. The van der Waals surface area contributed by atoms with Crippen LogP contribution in [0.3, 0.4) is 0 Å². The molecule has 0 bridgehead atoms. The van der Waals surface area contributed by atoms with Gasteiger partial charge in [-0.25, -0.2) is 15.0 Å². The minimum atomic E-state index is 0.249. The van der Waals surface area contributed by atoms with E-state index in [-0.39, 0.29) is 5.82 Å². The Labute approximate surface area is 126 Å². The highest BCUT2D eigenvalue weighted by Gasteiger charge is 2.07. The highest BCUT2D eigenvalue weighted by Crippen LogP contribution is 2.23. The van der Waals surface area contributed by atoms with Gasteiger partial charge in [0.25, 0.3) is 0 Å². The smallest absolute Gasteiger partial charge is 0.150 e. The lowest BCUT2D eigenvalue weighted by molar-refractivity contribution is 0.984. The van der Waals surface area contributed by atoms with Crippen LogP contribution in [0, 0.1) is 0 Å². The number of hydrogen-bond acceptors (Lipinski definition) is 5. The first kappa shape index (κ1) is 13.4. The summed E-state index contributed by atoms with van der Waals surface area (Å²) in [4.78, 5) is 15.4. The molecule has 0 atom stereocenters. The van der Waals surface area contributed by atoms with Crippen LogP contribution in [0.5, 0.6) is 0 Å². The van der Waals surface area contributed by atoms with Crippen molar-refractivity contribution < 1.29 is 0 Å². The quantitative estimate of drug-likeness (QED) is 0.689. The molecule has 0 unspecified atom stereocenters. The molecule has 0 saturated carbocycles. The van der Waals surface area contributed by atoms with Gasteiger partial charge < -0.3 is 16.0 Å². The molecule has 1 aromatic carbocycles. The lowest BCUT2D eigenvalue weighted by Crippen LogP contribution is -2.05. The van der Waals surface area contributed by atoms with E-state index in [4.69, 9.17) is 17.3 Å². The minimum Gasteiger partial charge on any atom is -0.382 e. The van der Waals surface area contributed by atoms with E-state index in [1.807, 2.05) is 30.3 Å². The summed E-state index contributed by atoms with van der Waals surface area (Å²) >= 11 is 6.02. The Morgan fingerprint density at radius 3 is 2.76 bits per heavy atom. The molecule has 0 amide bonds. The number of aromatic nitrogens is 4. The van der Waals surface area contributed by atoms with E-state index in [1.165, 1.54) is 6.33 Å². The number of H-pyrrole nitrogens is 1. The second kappa shape index (κ2) is 5.80. The molecule has 2 aromatic heterocycles. The van der Waals surface area contributed by atoms with Crippen molar-refractivity contribution in [2.45, 2.75) is 6.54 Å². The molecule has 6 nitrogen and oxygen atoms in total. The number of nitrogens with zero attached hydrogens (tertiary/aromatic N) is 3. The van der Waals surface area contributed by atoms with Gasteiger partial charge in [0.05, 0.1) is 18.4 Å². The monoisotopic (exact) mass is 300 g/mol. The summed E-state index contributed by atoms with van der Waals surface area (Å²) in [6.07, 6.45) is 3.16. The second-order valence-electron chi connectivity index (χ2n) is 4.38. The standard InChI is InChI=1S/C14H13ClN6/c15-12-13(16)19-8-20-14(12)18-7-11-17-6-10(21-11)9-4-2-1-3-5-9/h1-6,8H,7H2,(H,17,21)(H3,16,18,19,20). The fraction of sp³-hybridized carbons (Fsp3) is 0.0714. The Kier molecular flexibility index (Phi) is 3.70. The molecule has 4 N–H and O–H groups in total. The number of nitrogens with two attached hydrogens (primary N) is 1. The molecule has 0 radical (unpaired) electrons. The van der Waals surface area contributed by atoms with Gasteiger partial charge in [-0.05, 0) is 5.56 Å². The van der Waals surface area contributed by atoms with Crippen LogP contribution >= 0.6 is 11.6 Å². The van der Waals surface area contributed by atoms with Crippen LogP contribution in [-0.4, -0.2) is 19.9 Å². The summed E-state index contributed by atoms with van der Waals surface area (Å²) < 4.78 is 0. The van der Waals surface area contributed by atoms with Gasteiger partial charge in [0.15, 0.2) is 5.82 Å². The minimum absolute atomic E-state index is 0.249. The van der Waals surface area contributed by atoms with Crippen molar-refractivity contribution in [1.82, 2.24) is 19.9 Å². The molecule has 3 aromatic rings. The molecule has 0 aliphatic heterocycles. The average molecular weight is 301 g/mol. The van der Waals surface area contributed by atoms with Gasteiger partial charge in [-0.1, -0.05) is 41.9 Å². The Hall–Kier alpha value is -2.60. The molecule has 0 fully saturated rings. The molecule has 106 valence electrons. The van der Waals surface area contributed by atoms with Crippen molar-refractivity contribution in [1.29, 1.82) is 0 Å². The molecule has 0 spiro atoms. The third-order valence-electron chi connectivity index (χ3n) is 2.95.